The third-order valence-electron chi connectivity index (χ3n) is 4.28. The summed E-state index contributed by atoms with van der Waals surface area (Å²) in [5.74, 6) is 0.524. The third kappa shape index (κ3) is 4.78. The number of hydrogen-bond acceptors (Lipinski definition) is 7. The van der Waals surface area contributed by atoms with Crippen molar-refractivity contribution in [1.82, 2.24) is 25.3 Å². The lowest BCUT2D eigenvalue weighted by atomic mass is 10.1. The van der Waals surface area contributed by atoms with Gasteiger partial charge >= 0.3 is 0 Å². The minimum Gasteiger partial charge on any atom is -0.280 e. The largest absolute Gasteiger partial charge is 0.280 e. The van der Waals surface area contributed by atoms with Crippen molar-refractivity contribution < 1.29 is 16.8 Å². The fourth-order valence-electron chi connectivity index (χ4n) is 2.64. The Kier molecular flexibility index (Phi) is 5.06. The number of hydrogen-bond donors (Lipinski definition) is 3. The number of aromatic nitrogens is 4. The summed E-state index contributed by atoms with van der Waals surface area (Å²) >= 11 is 0. The maximum atomic E-state index is 12.7. The molecule has 1 aliphatic rings. The standard InChI is InChI=1S/C17H18N6O4S2/c24-28(25,15-2-1-3-16(11-15)29(26,27)21-14-8-9-14)20-13-6-4-12(5-7-13)10-17-18-22-23-19-17/h1-7,11,14,20-21H,8-10H2,(H,18,19,22,23). The molecule has 0 radical (unpaired) electrons. The molecule has 1 aliphatic carbocycles. The highest BCUT2D eigenvalue weighted by molar-refractivity contribution is 7.93. The highest BCUT2D eigenvalue weighted by Crippen LogP contribution is 2.24. The van der Waals surface area contributed by atoms with Crippen LogP contribution >= 0.6 is 0 Å². The molecule has 0 amide bonds. The number of tetrazole rings is 1. The van der Waals surface area contributed by atoms with E-state index in [1.165, 1.54) is 18.2 Å². The molecule has 10 nitrogen and oxygen atoms in total. The van der Waals surface area contributed by atoms with E-state index in [9.17, 15) is 16.8 Å². The summed E-state index contributed by atoms with van der Waals surface area (Å²) in [6.07, 6.45) is 2.04. The lowest BCUT2D eigenvalue weighted by Gasteiger charge is -2.11. The van der Waals surface area contributed by atoms with Crippen molar-refractivity contribution in [1.29, 1.82) is 0 Å². The number of nitrogens with zero attached hydrogens (tertiary/aromatic N) is 3. The molecule has 3 N–H and O–H groups in total. The first-order chi connectivity index (χ1) is 13.8. The first kappa shape index (κ1) is 19.5. The van der Waals surface area contributed by atoms with Crippen LogP contribution in [0, 0.1) is 0 Å². The van der Waals surface area contributed by atoms with Crippen LogP contribution in [0.1, 0.15) is 24.2 Å². The van der Waals surface area contributed by atoms with Crippen LogP contribution in [0.3, 0.4) is 0 Å². The van der Waals surface area contributed by atoms with Gasteiger partial charge in [0.15, 0.2) is 5.82 Å². The van der Waals surface area contributed by atoms with Crippen LogP contribution < -0.4 is 9.44 Å². The summed E-state index contributed by atoms with van der Waals surface area (Å²) in [7, 11) is -7.70. The zero-order valence-corrected chi connectivity index (χ0v) is 16.7. The minimum absolute atomic E-state index is 0.0654. The average molecular weight is 435 g/mol. The molecule has 0 atom stereocenters. The summed E-state index contributed by atoms with van der Waals surface area (Å²) in [6.45, 7) is 0. The molecule has 1 saturated carbocycles. The van der Waals surface area contributed by atoms with Crippen LogP contribution in [-0.2, 0) is 26.5 Å². The van der Waals surface area contributed by atoms with Crippen LogP contribution in [0.4, 0.5) is 5.69 Å². The molecule has 0 saturated heterocycles. The Balaban J connectivity index is 1.50. The van der Waals surface area contributed by atoms with Gasteiger partial charge in [-0.15, -0.1) is 10.2 Å². The van der Waals surface area contributed by atoms with Crippen molar-refractivity contribution in [2.45, 2.75) is 35.1 Å². The number of sulfonamides is 2. The van der Waals surface area contributed by atoms with Gasteiger partial charge in [0.05, 0.1) is 9.79 Å². The number of benzene rings is 2. The van der Waals surface area contributed by atoms with Crippen LogP contribution in [0.5, 0.6) is 0 Å². The number of nitrogens with one attached hydrogen (secondary N) is 3. The summed E-state index contributed by atoms with van der Waals surface area (Å²) in [6, 6.07) is 11.9. The molecule has 0 aliphatic heterocycles. The molecule has 3 aromatic rings. The molecule has 0 unspecified atom stereocenters. The Morgan fingerprint density at radius 2 is 1.66 bits per heavy atom. The van der Waals surface area contributed by atoms with Crippen molar-refractivity contribution in [3.63, 3.8) is 0 Å². The Hall–Kier alpha value is -2.83. The van der Waals surface area contributed by atoms with E-state index < -0.39 is 20.0 Å². The number of H-pyrrole nitrogens is 1. The fourth-order valence-corrected chi connectivity index (χ4v) is 5.17. The second kappa shape index (κ2) is 7.54. The molecule has 12 heteroatoms. The highest BCUT2D eigenvalue weighted by atomic mass is 32.2. The van der Waals surface area contributed by atoms with E-state index >= 15 is 0 Å². The number of rotatable bonds is 8. The Morgan fingerprint density at radius 3 is 2.28 bits per heavy atom. The molecule has 1 heterocycles. The van der Waals surface area contributed by atoms with E-state index in [-0.39, 0.29) is 15.8 Å². The molecule has 1 fully saturated rings. The predicted octanol–water partition coefficient (Wildman–Crippen LogP) is 1.03. The Labute approximate surface area is 167 Å². The van der Waals surface area contributed by atoms with Crippen LogP contribution in [-0.4, -0.2) is 43.5 Å². The smallest absolute Gasteiger partial charge is 0.261 e. The maximum absolute atomic E-state index is 12.7. The zero-order valence-electron chi connectivity index (χ0n) is 15.1. The van der Waals surface area contributed by atoms with Gasteiger partial charge in [-0.05, 0) is 48.7 Å². The highest BCUT2D eigenvalue weighted by Gasteiger charge is 2.28. The molecule has 4 rings (SSSR count). The van der Waals surface area contributed by atoms with Gasteiger partial charge in [0.2, 0.25) is 10.0 Å². The molecule has 29 heavy (non-hydrogen) atoms. The molecule has 2 aromatic carbocycles. The molecule has 152 valence electrons. The van der Waals surface area contributed by atoms with Crippen molar-refractivity contribution in [3.05, 3.63) is 59.9 Å². The van der Waals surface area contributed by atoms with E-state index in [4.69, 9.17) is 0 Å². The molecule has 0 spiro atoms. The Morgan fingerprint density at radius 1 is 0.966 bits per heavy atom. The molecule has 0 bridgehead atoms. The summed E-state index contributed by atoms with van der Waals surface area (Å²) < 4.78 is 55.1. The molecule has 1 aromatic heterocycles. The zero-order chi connectivity index (χ0) is 20.5. The van der Waals surface area contributed by atoms with Crippen LogP contribution in [0.2, 0.25) is 0 Å². The van der Waals surface area contributed by atoms with Crippen molar-refractivity contribution in [2.75, 3.05) is 4.72 Å². The maximum Gasteiger partial charge on any atom is 0.261 e. The van der Waals surface area contributed by atoms with Gasteiger partial charge in [0.25, 0.3) is 10.0 Å². The summed E-state index contributed by atoms with van der Waals surface area (Å²) in [5.41, 5.74) is 1.24. The van der Waals surface area contributed by atoms with Gasteiger partial charge in [-0.3, -0.25) is 4.72 Å². The predicted molar refractivity (Wildman–Crippen MR) is 104 cm³/mol. The van der Waals surface area contributed by atoms with Crippen LogP contribution in [0.25, 0.3) is 0 Å². The topological polar surface area (TPSA) is 147 Å². The first-order valence-electron chi connectivity index (χ1n) is 8.78. The molecular weight excluding hydrogens is 416 g/mol. The van der Waals surface area contributed by atoms with E-state index in [1.807, 2.05) is 0 Å². The average Bonchev–Trinajstić information content (AvgIpc) is 3.34. The van der Waals surface area contributed by atoms with Crippen molar-refractivity contribution in [3.8, 4) is 0 Å². The Bertz CT molecular complexity index is 1210. The normalized spacial score (nSPS) is 14.6. The lowest BCUT2D eigenvalue weighted by Crippen LogP contribution is -2.26. The van der Waals surface area contributed by atoms with E-state index in [2.05, 4.69) is 30.1 Å². The van der Waals surface area contributed by atoms with E-state index in [1.54, 1.807) is 24.3 Å². The quantitative estimate of drug-likeness (QED) is 0.480. The molecular formula is C17H18N6O4S2. The lowest BCUT2D eigenvalue weighted by molar-refractivity contribution is 0.580. The van der Waals surface area contributed by atoms with Gasteiger partial charge in [-0.25, -0.2) is 21.6 Å². The van der Waals surface area contributed by atoms with E-state index in [0.29, 0.717) is 17.9 Å². The van der Waals surface area contributed by atoms with Gasteiger partial charge in [0, 0.05) is 18.2 Å². The van der Waals surface area contributed by atoms with Gasteiger partial charge < -0.3 is 0 Å². The van der Waals surface area contributed by atoms with Crippen molar-refractivity contribution in [2.24, 2.45) is 0 Å². The number of aromatic amines is 1. The van der Waals surface area contributed by atoms with Gasteiger partial charge in [-0.1, -0.05) is 23.4 Å². The van der Waals surface area contributed by atoms with Crippen LogP contribution in [0.15, 0.2) is 58.3 Å². The minimum atomic E-state index is -3.95. The van der Waals surface area contributed by atoms with Crippen molar-refractivity contribution >= 4 is 25.7 Å². The first-order valence-corrected chi connectivity index (χ1v) is 11.7. The number of anilines is 1. The summed E-state index contributed by atoms with van der Waals surface area (Å²) in [5, 5.41) is 13.6. The van der Waals surface area contributed by atoms with Gasteiger partial charge in [-0.2, -0.15) is 5.21 Å². The third-order valence-corrected chi connectivity index (χ3v) is 7.18. The van der Waals surface area contributed by atoms with E-state index in [0.717, 1.165) is 24.5 Å². The monoisotopic (exact) mass is 434 g/mol. The summed E-state index contributed by atoms with van der Waals surface area (Å²) in [4.78, 5) is -0.213. The fraction of sp³-hybridized carbons (Fsp3) is 0.235. The van der Waals surface area contributed by atoms with Gasteiger partial charge in [0.1, 0.15) is 0 Å². The SMILES string of the molecule is O=S(=O)(Nc1ccc(Cc2nn[nH]n2)cc1)c1cccc(S(=O)(=O)NC2CC2)c1. The second-order valence-electron chi connectivity index (χ2n) is 6.68. The second-order valence-corrected chi connectivity index (χ2v) is 10.1.